The maximum atomic E-state index is 14.9. The summed E-state index contributed by atoms with van der Waals surface area (Å²) >= 11 is 0. The number of nitrogens with one attached hydrogen (secondary N) is 2. The minimum absolute atomic E-state index is 0.0133. The number of rotatable bonds is 11. The van der Waals surface area contributed by atoms with Gasteiger partial charge in [-0.2, -0.15) is 0 Å². The molecular weight excluding hydrogens is 658 g/mol. The molecule has 2 aromatic heterocycles. The number of carbonyl (C=O) groups is 5. The fraction of sp³-hybridized carbons (Fsp3) is 0.550. The van der Waals surface area contributed by atoms with Gasteiger partial charge >= 0.3 is 0 Å². The van der Waals surface area contributed by atoms with E-state index in [0.717, 1.165) is 46.3 Å². The van der Waals surface area contributed by atoms with Gasteiger partial charge in [0.05, 0.1) is 11.5 Å². The average Bonchev–Trinajstić information content (AvgIpc) is 3.94. The lowest BCUT2D eigenvalue weighted by molar-refractivity contribution is -0.167. The number of aromatic amines is 1. The Kier molecular flexibility index (Phi) is 10.1. The molecule has 0 radical (unpaired) electrons. The van der Waals surface area contributed by atoms with E-state index in [9.17, 15) is 24.0 Å². The Hall–Kier alpha value is -4.74. The first-order chi connectivity index (χ1) is 25.1. The number of aromatic nitrogens is 2. The lowest BCUT2D eigenvalue weighted by Gasteiger charge is -2.56. The van der Waals surface area contributed by atoms with E-state index in [4.69, 9.17) is 0 Å². The number of nitrogens with zero attached hydrogens (tertiary/aromatic N) is 5. The summed E-state index contributed by atoms with van der Waals surface area (Å²) in [6.45, 7) is 4.84. The topological polar surface area (TPSA) is 139 Å². The Bertz CT molecular complexity index is 1840. The number of hydrogen-bond acceptors (Lipinski definition) is 6. The number of carbonyl (C=O) groups excluding carboxylic acids is 5. The van der Waals surface area contributed by atoms with Crippen molar-refractivity contribution in [3.05, 3.63) is 65.1 Å². The van der Waals surface area contributed by atoms with E-state index >= 15 is 0 Å². The summed E-state index contributed by atoms with van der Waals surface area (Å²) < 4.78 is 0. The van der Waals surface area contributed by atoms with Gasteiger partial charge in [0.2, 0.25) is 29.5 Å². The van der Waals surface area contributed by atoms with E-state index < -0.39 is 17.4 Å². The highest BCUT2D eigenvalue weighted by Gasteiger charge is 2.59. The number of aryl methyl sites for hydroxylation is 1. The third-order valence-corrected chi connectivity index (χ3v) is 11.8. The first-order valence-electron chi connectivity index (χ1n) is 19.0. The first-order valence-corrected chi connectivity index (χ1v) is 19.0. The largest absolute Gasteiger partial charge is 0.356 e. The molecule has 3 aromatic rings. The molecule has 276 valence electrons. The summed E-state index contributed by atoms with van der Waals surface area (Å²) in [6.07, 6.45) is 6.68. The van der Waals surface area contributed by atoms with Gasteiger partial charge in [-0.15, -0.1) is 0 Å². The summed E-state index contributed by atoms with van der Waals surface area (Å²) in [7, 11) is 3.52. The number of piperidine rings is 1. The molecule has 3 atom stereocenters. The molecule has 2 saturated heterocycles. The molecule has 3 fully saturated rings. The standard InChI is InChI=1S/C40H51N7O5/c1-4-40-32(39(52)46-21-19-45(20-22-46)37(50)27-10-11-27)24-28(25-34(48)42-17-14-29-7-5-6-16-41-29)38(51)47(40)18-15-31-30-12-8-26(9-13-35(49)44(2)3)23-33(30)43-36(31)40/h5-8,12,16,23,27-28,32,43H,4,9-11,13-15,17-22,24-25H2,1-3H3,(H,42,48)/t28-,32-,40+/m1/s1. The summed E-state index contributed by atoms with van der Waals surface area (Å²) in [6, 6.07) is 12.0. The molecule has 1 saturated carbocycles. The van der Waals surface area contributed by atoms with Crippen LogP contribution in [0.15, 0.2) is 42.6 Å². The Morgan fingerprint density at radius 1 is 0.981 bits per heavy atom. The van der Waals surface area contributed by atoms with Gasteiger partial charge in [0.25, 0.3) is 0 Å². The van der Waals surface area contributed by atoms with Crippen LogP contribution in [0, 0.1) is 17.8 Å². The van der Waals surface area contributed by atoms with Crippen molar-refractivity contribution in [2.75, 3.05) is 53.4 Å². The molecule has 0 spiro atoms. The molecule has 1 aliphatic carbocycles. The van der Waals surface area contributed by atoms with Gasteiger partial charge in [-0.1, -0.05) is 25.1 Å². The Balaban J connectivity index is 1.17. The Morgan fingerprint density at radius 2 is 1.73 bits per heavy atom. The maximum Gasteiger partial charge on any atom is 0.228 e. The number of amides is 5. The summed E-state index contributed by atoms with van der Waals surface area (Å²) in [5.41, 5.74) is 3.99. The van der Waals surface area contributed by atoms with Gasteiger partial charge in [-0.3, -0.25) is 29.0 Å². The Morgan fingerprint density at radius 3 is 2.40 bits per heavy atom. The fourth-order valence-corrected chi connectivity index (χ4v) is 8.81. The van der Waals surface area contributed by atoms with Crippen molar-refractivity contribution in [3.8, 4) is 0 Å². The van der Waals surface area contributed by atoms with Crippen molar-refractivity contribution in [3.63, 3.8) is 0 Å². The summed E-state index contributed by atoms with van der Waals surface area (Å²) in [5, 5.41) is 4.06. The third-order valence-electron chi connectivity index (χ3n) is 11.8. The van der Waals surface area contributed by atoms with E-state index in [1.54, 1.807) is 25.2 Å². The van der Waals surface area contributed by atoms with Crippen molar-refractivity contribution in [2.45, 2.75) is 70.3 Å². The minimum Gasteiger partial charge on any atom is -0.356 e. The van der Waals surface area contributed by atoms with Crippen molar-refractivity contribution in [1.29, 1.82) is 0 Å². The monoisotopic (exact) mass is 709 g/mol. The highest BCUT2D eigenvalue weighted by atomic mass is 16.2. The molecule has 1 aromatic carbocycles. The summed E-state index contributed by atoms with van der Waals surface area (Å²) in [5.74, 6) is -1.12. The van der Waals surface area contributed by atoms with Crippen LogP contribution in [0.3, 0.4) is 0 Å². The van der Waals surface area contributed by atoms with Crippen LogP contribution in [0.2, 0.25) is 0 Å². The predicted octanol–water partition coefficient (Wildman–Crippen LogP) is 3.04. The molecule has 5 amide bonds. The van der Waals surface area contributed by atoms with Gasteiger partial charge in [0.1, 0.15) is 0 Å². The van der Waals surface area contributed by atoms with Crippen LogP contribution in [-0.4, -0.2) is 112 Å². The van der Waals surface area contributed by atoms with Crippen LogP contribution in [-0.2, 0) is 48.8 Å². The molecule has 5 heterocycles. The van der Waals surface area contributed by atoms with E-state index in [0.29, 0.717) is 71.4 Å². The van der Waals surface area contributed by atoms with Gasteiger partial charge in [0, 0.05) is 113 Å². The maximum absolute atomic E-state index is 14.9. The Labute approximate surface area is 305 Å². The third kappa shape index (κ3) is 6.79. The first kappa shape index (κ1) is 35.7. The molecule has 7 rings (SSSR count). The van der Waals surface area contributed by atoms with Crippen LogP contribution in [0.1, 0.15) is 68.0 Å². The molecule has 12 heteroatoms. The zero-order valence-electron chi connectivity index (χ0n) is 30.7. The van der Waals surface area contributed by atoms with E-state index in [1.807, 2.05) is 32.9 Å². The van der Waals surface area contributed by atoms with Crippen LogP contribution in [0.25, 0.3) is 10.9 Å². The van der Waals surface area contributed by atoms with E-state index in [1.165, 1.54) is 0 Å². The van der Waals surface area contributed by atoms with Gasteiger partial charge < -0.3 is 29.9 Å². The van der Waals surface area contributed by atoms with Crippen molar-refractivity contribution < 1.29 is 24.0 Å². The minimum atomic E-state index is -0.908. The molecule has 0 bridgehead atoms. The lowest BCUT2D eigenvalue weighted by Crippen LogP contribution is -2.66. The van der Waals surface area contributed by atoms with Crippen LogP contribution >= 0.6 is 0 Å². The predicted molar refractivity (Wildman–Crippen MR) is 196 cm³/mol. The van der Waals surface area contributed by atoms with Crippen LogP contribution in [0.5, 0.6) is 0 Å². The molecule has 4 aliphatic rings. The van der Waals surface area contributed by atoms with Crippen molar-refractivity contribution in [1.82, 2.24) is 34.9 Å². The molecule has 3 aliphatic heterocycles. The van der Waals surface area contributed by atoms with Gasteiger partial charge in [-0.25, -0.2) is 0 Å². The second-order valence-corrected chi connectivity index (χ2v) is 15.2. The number of pyridine rings is 1. The van der Waals surface area contributed by atoms with Gasteiger partial charge in [0.15, 0.2) is 0 Å². The fourth-order valence-electron chi connectivity index (χ4n) is 8.81. The van der Waals surface area contributed by atoms with Crippen molar-refractivity contribution >= 4 is 40.4 Å². The SMILES string of the molecule is CC[C@]12c3[nH]c4cc(CCC(=O)N(C)C)ccc4c3CCN1C(=O)[C@@H](CC(=O)NCCc1ccccn1)C[C@@H]2C(=O)N1CCN(C(=O)C2CC2)CC1. The van der Waals surface area contributed by atoms with Crippen molar-refractivity contribution in [2.24, 2.45) is 17.8 Å². The number of piperazine rings is 1. The average molecular weight is 710 g/mol. The zero-order valence-corrected chi connectivity index (χ0v) is 30.7. The second-order valence-electron chi connectivity index (χ2n) is 15.2. The second kappa shape index (κ2) is 14.7. The zero-order chi connectivity index (χ0) is 36.6. The van der Waals surface area contributed by atoms with E-state index in [-0.39, 0.29) is 48.3 Å². The highest BCUT2D eigenvalue weighted by Crippen LogP contribution is 2.52. The molecular formula is C40H51N7O5. The molecule has 2 N–H and O–H groups in total. The highest BCUT2D eigenvalue weighted by molar-refractivity contribution is 5.93. The quantitative estimate of drug-likeness (QED) is 0.314. The molecule has 0 unspecified atom stereocenters. The number of benzene rings is 1. The smallest absolute Gasteiger partial charge is 0.228 e. The summed E-state index contributed by atoms with van der Waals surface area (Å²) in [4.78, 5) is 83.1. The van der Waals surface area contributed by atoms with Crippen LogP contribution in [0.4, 0.5) is 0 Å². The van der Waals surface area contributed by atoms with Crippen LogP contribution < -0.4 is 5.32 Å². The molecule has 12 nitrogen and oxygen atoms in total. The lowest BCUT2D eigenvalue weighted by atomic mass is 9.65. The van der Waals surface area contributed by atoms with E-state index in [2.05, 4.69) is 40.4 Å². The number of fused-ring (bicyclic) bond motifs is 5. The molecule has 52 heavy (non-hydrogen) atoms. The number of H-pyrrole nitrogens is 1. The normalized spacial score (nSPS) is 22.9. The van der Waals surface area contributed by atoms with Gasteiger partial charge in [-0.05, 0) is 67.9 Å². The number of hydrogen-bond donors (Lipinski definition) is 2.